The zero-order chi connectivity index (χ0) is 84.5. The van der Waals surface area contributed by atoms with Crippen molar-refractivity contribution in [1.29, 1.82) is 0 Å². The van der Waals surface area contributed by atoms with Crippen LogP contribution < -0.4 is 75.2 Å². The largest absolute Gasteiger partial charge is 0.513 e. The first-order valence-corrected chi connectivity index (χ1v) is 41.1. The number of benzene rings is 8. The summed E-state index contributed by atoms with van der Waals surface area (Å²) in [7, 11) is 1.55. The summed E-state index contributed by atoms with van der Waals surface area (Å²) in [6, 6.07) is 49.1. The van der Waals surface area contributed by atoms with Crippen molar-refractivity contribution in [1.82, 2.24) is 36.8 Å². The van der Waals surface area contributed by atoms with Gasteiger partial charge in [-0.3, -0.25) is 44.4 Å². The molecule has 2 atom stereocenters. The minimum absolute atomic E-state index is 0. The number of carbonyl (C=O) groups is 7. The van der Waals surface area contributed by atoms with Gasteiger partial charge < -0.3 is 74.9 Å². The second-order valence-corrected chi connectivity index (χ2v) is 31.8. The SMILES string of the molecule is C=C(C)Nc1nc2c(C)cc(N)cc2s1.C=C(O)CC[C@H](N)C(=O)NCCCC[C@@H](NC(=O)c1cccs1)C(=O)NCCc1cccs1.COc1ccc(C)cc1NC(=O)c1ccc(Cl)cc1Cl.Nc1cc(N=O)cc(C(=O)NNC(=O)COc2ccc3ccccc3c2)c1.Nc1ccc2nc(SCC(=O)Nc3ccccc3F)sc2c1.O. The van der Waals surface area contributed by atoms with Gasteiger partial charge in [-0.2, -0.15) is 0 Å². The number of fused-ring (bicyclic) bond motifs is 3. The summed E-state index contributed by atoms with van der Waals surface area (Å²) in [4.78, 5) is 106. The molecule has 35 heteroatoms. The number of thioether (sulfide) groups is 1. The predicted molar refractivity (Wildman–Crippen MR) is 477 cm³/mol. The van der Waals surface area contributed by atoms with Crippen LogP contribution in [0.5, 0.6) is 11.5 Å². The van der Waals surface area contributed by atoms with Crippen molar-refractivity contribution >= 4 is 192 Å². The minimum Gasteiger partial charge on any atom is -0.513 e. The average molecular weight is 1740 g/mol. The molecular formula is C83H88Cl2FN15O12S5. The molecule has 0 fully saturated rings. The number of aromatic nitrogens is 2. The number of aliphatic hydroxyl groups is 1. The molecule has 0 aliphatic carbocycles. The summed E-state index contributed by atoms with van der Waals surface area (Å²) in [5.41, 5.74) is 35.2. The molecule has 8 aromatic carbocycles. The van der Waals surface area contributed by atoms with Crippen molar-refractivity contribution in [2.24, 2.45) is 10.9 Å². The van der Waals surface area contributed by atoms with Crippen molar-refractivity contribution in [3.8, 4) is 11.5 Å². The quantitative estimate of drug-likeness (QED) is 0.00517. The van der Waals surface area contributed by atoms with Gasteiger partial charge in [-0.25, -0.2) is 14.4 Å². The number of ether oxygens (including phenoxy) is 2. The molecule has 0 unspecified atom stereocenters. The van der Waals surface area contributed by atoms with Gasteiger partial charge in [0, 0.05) is 57.7 Å². The first kappa shape index (κ1) is 93.1. The van der Waals surface area contributed by atoms with Crippen LogP contribution in [0.25, 0.3) is 31.2 Å². The van der Waals surface area contributed by atoms with Crippen LogP contribution in [-0.4, -0.2) is 107 Å². The van der Waals surface area contributed by atoms with E-state index < -0.39 is 29.7 Å². The summed E-state index contributed by atoms with van der Waals surface area (Å²) >= 11 is 19.2. The number of amides is 7. The molecule has 0 bridgehead atoms. The molecule has 0 aliphatic rings. The van der Waals surface area contributed by atoms with Crippen molar-refractivity contribution in [3.05, 3.63) is 264 Å². The van der Waals surface area contributed by atoms with Gasteiger partial charge in [-0.15, -0.1) is 38.9 Å². The van der Waals surface area contributed by atoms with Gasteiger partial charge >= 0.3 is 0 Å². The molecule has 118 heavy (non-hydrogen) atoms. The molecule has 618 valence electrons. The lowest BCUT2D eigenvalue weighted by molar-refractivity contribution is -0.124. The van der Waals surface area contributed by atoms with Crippen molar-refractivity contribution in [2.75, 3.05) is 65.7 Å². The maximum absolute atomic E-state index is 13.4. The molecule has 0 spiro atoms. The van der Waals surface area contributed by atoms with E-state index in [1.165, 1.54) is 75.7 Å². The summed E-state index contributed by atoms with van der Waals surface area (Å²) < 4.78 is 27.0. The molecule has 0 saturated carbocycles. The van der Waals surface area contributed by atoms with Crippen LogP contribution in [0.3, 0.4) is 0 Å². The van der Waals surface area contributed by atoms with Crippen LogP contribution in [0.4, 0.5) is 43.6 Å². The number of nitrogen functional groups attached to an aromatic ring is 3. The summed E-state index contributed by atoms with van der Waals surface area (Å²) in [5, 5.41) is 36.3. The van der Waals surface area contributed by atoms with Gasteiger partial charge in [0.15, 0.2) is 16.1 Å². The van der Waals surface area contributed by atoms with Gasteiger partial charge in [0.05, 0.1) is 71.9 Å². The zero-order valence-corrected chi connectivity index (χ0v) is 70.0. The van der Waals surface area contributed by atoms with Gasteiger partial charge in [0.1, 0.15) is 29.0 Å². The number of methoxy groups -OCH3 is 1. The molecule has 19 N–H and O–H groups in total. The number of nitroso groups, excluding NO2 is 1. The van der Waals surface area contributed by atoms with Crippen molar-refractivity contribution in [3.63, 3.8) is 0 Å². The normalized spacial score (nSPS) is 10.9. The molecule has 12 rings (SSSR count). The fourth-order valence-electron chi connectivity index (χ4n) is 10.6. The van der Waals surface area contributed by atoms with Crippen LogP contribution in [0, 0.1) is 24.6 Å². The monoisotopic (exact) mass is 1740 g/mol. The lowest BCUT2D eigenvalue weighted by Gasteiger charge is -2.18. The van der Waals surface area contributed by atoms with E-state index in [4.69, 9.17) is 60.7 Å². The van der Waals surface area contributed by atoms with Gasteiger partial charge in [-0.1, -0.05) is 120 Å². The van der Waals surface area contributed by atoms with Crippen molar-refractivity contribution in [2.45, 2.75) is 75.7 Å². The lowest BCUT2D eigenvalue weighted by Crippen LogP contribution is -2.47. The van der Waals surface area contributed by atoms with Crippen LogP contribution >= 0.6 is 80.3 Å². The highest BCUT2D eigenvalue weighted by molar-refractivity contribution is 8.01. The Kier molecular flexibility index (Phi) is 37.3. The highest BCUT2D eigenvalue weighted by Gasteiger charge is 2.23. The lowest BCUT2D eigenvalue weighted by atomic mass is 10.1. The number of thiophene rings is 2. The number of para-hydroxylation sites is 1. The summed E-state index contributed by atoms with van der Waals surface area (Å²) in [5.74, 6) is -1.68. The fraction of sp³-hybridized carbons (Fsp3) is 0.193. The third kappa shape index (κ3) is 30.5. The van der Waals surface area contributed by atoms with E-state index >= 15 is 0 Å². The first-order valence-electron chi connectivity index (χ1n) is 35.9. The van der Waals surface area contributed by atoms with Gasteiger partial charge in [-0.05, 0) is 206 Å². The number of hydrogen-bond acceptors (Lipinski definition) is 24. The molecule has 0 radical (unpaired) electrons. The highest BCUT2D eigenvalue weighted by atomic mass is 35.5. The Bertz CT molecular complexity index is 5470. The van der Waals surface area contributed by atoms with Crippen LogP contribution in [-0.2, 0) is 25.6 Å². The standard InChI is InChI=1S/C23H32N4O4S2.C19H16N4O4.C15H13Cl2NO2.C15H12FN3OS2.C11H13N3S.H2O/c1-16(28)9-10-18(24)21(29)25-12-3-2-7-19(27-23(31)20-8-5-15-33-20)22(30)26-13-11-17-6-4-14-32-17;20-15-7-14(8-16(10-15)23-26)19(25)22-21-18(24)11-27-17-6-5-12-3-1-2-4-13(12)9-17;1-9-3-6-14(20-2)13(7-9)18-15(19)11-5-4-10(16)8-12(11)17;16-10-3-1-2-4-11(10)18-14(20)8-21-15-19-12-6-5-9(17)7-13(12)22-15;1-6(2)13-11-14-10-7(3)4-8(12)5-9(10)15-11;/h4-6,8,14-15,18-19,28H,1-3,7,9-13,24H2,(H,25,29)(H,26,30)(H,27,31);1-10H,11,20H2,(H,21,24)(H,22,25);3-8H,1-2H3,(H,18,19);1-7H,8,17H2,(H,18,20);4-5H,1,12H2,2-3H3,(H,13,14);1H2/t18-,19+;;;;;/m0...../s1. The Hall–Kier alpha value is -12.1. The van der Waals surface area contributed by atoms with Crippen LogP contribution in [0.2, 0.25) is 10.0 Å². The maximum Gasteiger partial charge on any atom is 0.276 e. The number of hydrogen-bond donors (Lipinski definition) is 13. The first-order chi connectivity index (χ1) is 56.1. The number of hydrazine groups is 1. The van der Waals surface area contributed by atoms with E-state index in [-0.39, 0.29) is 82.2 Å². The maximum atomic E-state index is 13.4. The topological polar surface area (TPSA) is 445 Å². The number of aliphatic hydroxyl groups excluding tert-OH is 1. The number of unbranched alkanes of at least 4 members (excludes halogenated alkanes) is 1. The smallest absolute Gasteiger partial charge is 0.276 e. The number of rotatable bonds is 29. The molecule has 27 nitrogen and oxygen atoms in total. The Morgan fingerprint density at radius 1 is 0.669 bits per heavy atom. The number of nitrogens with two attached hydrogens (primary N) is 4. The zero-order valence-electron chi connectivity index (χ0n) is 64.4. The molecule has 0 saturated heterocycles. The van der Waals surface area contributed by atoms with E-state index in [2.05, 4.69) is 71.1 Å². The van der Waals surface area contributed by atoms with E-state index in [0.717, 1.165) is 69.6 Å². The van der Waals surface area contributed by atoms with Crippen LogP contribution in [0.1, 0.15) is 85.4 Å². The molecule has 0 aliphatic heterocycles. The summed E-state index contributed by atoms with van der Waals surface area (Å²) in [6.45, 7) is 13.7. The molecule has 12 aromatic rings. The van der Waals surface area contributed by atoms with E-state index in [1.54, 1.807) is 84.4 Å². The number of allylic oxidation sites excluding steroid dienone is 2. The second kappa shape index (κ2) is 47.2. The fourth-order valence-corrected chi connectivity index (χ4v) is 15.4. The number of aryl methyl sites for hydroxylation is 2. The third-order valence-electron chi connectivity index (χ3n) is 16.3. The number of halogens is 3. The summed E-state index contributed by atoms with van der Waals surface area (Å²) in [6.07, 6.45) is 3.07. The average Bonchev–Trinajstić information content (AvgIpc) is 1.61. The van der Waals surface area contributed by atoms with Gasteiger partial charge in [0.2, 0.25) is 17.7 Å². The van der Waals surface area contributed by atoms with E-state index in [9.17, 15) is 42.9 Å². The number of carbonyl (C=O) groups excluding carboxylic acids is 7. The third-order valence-corrected chi connectivity index (χ3v) is 21.7. The number of nitrogens with one attached hydrogen (secondary N) is 8. The highest BCUT2D eigenvalue weighted by Crippen LogP contribution is 2.34. The molecule has 7 amide bonds. The van der Waals surface area contributed by atoms with E-state index in [1.807, 2.05) is 116 Å². The molecular weight excluding hydrogens is 1650 g/mol. The molecule has 4 heterocycles. The van der Waals surface area contributed by atoms with Crippen LogP contribution in [0.15, 0.2) is 221 Å². The second-order valence-electron chi connectivity index (χ2n) is 25.7. The molecule has 4 aromatic heterocycles. The predicted octanol–water partition coefficient (Wildman–Crippen LogP) is 16.0. The Morgan fingerprint density at radius 2 is 1.40 bits per heavy atom. The minimum atomic E-state index is -0.708. The number of thiazole rings is 2. The van der Waals surface area contributed by atoms with Gasteiger partial charge in [0.25, 0.3) is 23.6 Å². The number of anilines is 6. The Morgan fingerprint density at radius 3 is 2.11 bits per heavy atom. The van der Waals surface area contributed by atoms with E-state index in [0.29, 0.717) is 82.1 Å². The Balaban J connectivity index is 0.000000207. The Labute approximate surface area is 709 Å². The van der Waals surface area contributed by atoms with Crippen molar-refractivity contribution < 1.29 is 58.0 Å². The number of nitrogens with zero attached hydrogens (tertiary/aromatic N) is 3.